The van der Waals surface area contributed by atoms with Crippen LogP contribution in [0.4, 0.5) is 0 Å². The number of carbonyl (C=O) groups excluding carboxylic acids is 2. The second kappa shape index (κ2) is 5.53. The number of hydrogen-bond donors (Lipinski definition) is 0. The third-order valence-electron chi connectivity index (χ3n) is 0.954. The van der Waals surface area contributed by atoms with E-state index in [-0.39, 0.29) is 0 Å². The van der Waals surface area contributed by atoms with Gasteiger partial charge in [-0.25, -0.2) is 0 Å². The first-order chi connectivity index (χ1) is 5.56. The smallest absolute Gasteiger partial charge is 0.451 e. The third kappa shape index (κ3) is 5.66. The zero-order chi connectivity index (χ0) is 9.56. The largest absolute Gasteiger partial charge is 0.487 e. The molecule has 0 saturated carbocycles. The molecule has 0 spiro atoms. The SMILES string of the molecule is C=CC[SiH](OC(C)=O)OC(C)=O. The molecule has 0 heterocycles. The molecule has 0 aliphatic carbocycles. The summed E-state index contributed by atoms with van der Waals surface area (Å²) in [7, 11) is -2.17. The van der Waals surface area contributed by atoms with Crippen LogP contribution in [0.3, 0.4) is 0 Å². The molecule has 0 rings (SSSR count). The lowest BCUT2D eigenvalue weighted by Crippen LogP contribution is -2.26. The Hall–Kier alpha value is -1.10. The van der Waals surface area contributed by atoms with Crippen molar-refractivity contribution in [3.63, 3.8) is 0 Å². The second-order valence-corrected chi connectivity index (χ2v) is 3.97. The Morgan fingerprint density at radius 2 is 1.75 bits per heavy atom. The minimum Gasteiger partial charge on any atom is -0.487 e. The summed E-state index contributed by atoms with van der Waals surface area (Å²) < 4.78 is 9.57. The van der Waals surface area contributed by atoms with E-state index < -0.39 is 21.2 Å². The van der Waals surface area contributed by atoms with Gasteiger partial charge in [0.2, 0.25) is 0 Å². The van der Waals surface area contributed by atoms with Gasteiger partial charge in [0, 0.05) is 19.9 Å². The van der Waals surface area contributed by atoms with Crippen molar-refractivity contribution >= 4 is 21.2 Å². The van der Waals surface area contributed by atoms with Crippen LogP contribution in [0, 0.1) is 0 Å². The molecule has 4 nitrogen and oxygen atoms in total. The van der Waals surface area contributed by atoms with Gasteiger partial charge in [-0.05, 0) is 0 Å². The maximum absolute atomic E-state index is 10.5. The molecule has 0 aliphatic heterocycles. The molecule has 0 radical (unpaired) electrons. The van der Waals surface area contributed by atoms with Crippen molar-refractivity contribution in [1.29, 1.82) is 0 Å². The molecule has 0 bridgehead atoms. The molecule has 0 aromatic heterocycles. The van der Waals surface area contributed by atoms with Gasteiger partial charge >= 0.3 is 9.28 Å². The Morgan fingerprint density at radius 1 is 1.33 bits per heavy atom. The van der Waals surface area contributed by atoms with E-state index in [0.717, 1.165) is 0 Å². The van der Waals surface area contributed by atoms with Gasteiger partial charge in [-0.15, -0.1) is 6.58 Å². The van der Waals surface area contributed by atoms with Crippen molar-refractivity contribution < 1.29 is 18.4 Å². The molecule has 0 aromatic carbocycles. The molecule has 68 valence electrons. The Kier molecular flexibility index (Phi) is 5.03. The van der Waals surface area contributed by atoms with E-state index in [4.69, 9.17) is 8.85 Å². The standard InChI is InChI=1S/C7H12O4Si/c1-4-5-12(10-6(2)8)11-7(3)9/h4,12H,1,5H2,2-3H3. The Balaban J connectivity index is 3.93. The number of hydrogen-bond acceptors (Lipinski definition) is 4. The van der Waals surface area contributed by atoms with Crippen LogP contribution < -0.4 is 0 Å². The van der Waals surface area contributed by atoms with Gasteiger partial charge < -0.3 is 8.85 Å². The van der Waals surface area contributed by atoms with Crippen molar-refractivity contribution in [2.45, 2.75) is 19.9 Å². The van der Waals surface area contributed by atoms with E-state index in [1.165, 1.54) is 13.8 Å². The quantitative estimate of drug-likeness (QED) is 0.476. The summed E-state index contributed by atoms with van der Waals surface area (Å²) in [6.45, 7) is 6.04. The summed E-state index contributed by atoms with van der Waals surface area (Å²) in [5.74, 6) is -0.843. The van der Waals surface area contributed by atoms with Crippen LogP contribution in [0.5, 0.6) is 0 Å². The summed E-state index contributed by atoms with van der Waals surface area (Å²) >= 11 is 0. The van der Waals surface area contributed by atoms with Gasteiger partial charge in [0.05, 0.1) is 0 Å². The lowest BCUT2D eigenvalue weighted by atomic mass is 10.8. The fourth-order valence-electron chi connectivity index (χ4n) is 0.627. The molecular weight excluding hydrogens is 176 g/mol. The Bertz CT molecular complexity index is 174. The zero-order valence-corrected chi connectivity index (χ0v) is 8.36. The van der Waals surface area contributed by atoms with Crippen LogP contribution >= 0.6 is 0 Å². The normalized spacial score (nSPS) is 9.25. The predicted octanol–water partition coefficient (Wildman–Crippen LogP) is 0.519. The third-order valence-corrected chi connectivity index (χ3v) is 2.86. The average molecular weight is 188 g/mol. The molecular formula is C7H12O4Si. The van der Waals surface area contributed by atoms with E-state index in [1.54, 1.807) is 6.08 Å². The predicted molar refractivity (Wildman–Crippen MR) is 45.7 cm³/mol. The van der Waals surface area contributed by atoms with Gasteiger partial charge in [0.25, 0.3) is 11.9 Å². The lowest BCUT2D eigenvalue weighted by Gasteiger charge is -2.12. The zero-order valence-electron chi connectivity index (χ0n) is 7.20. The van der Waals surface area contributed by atoms with Crippen molar-refractivity contribution in [3.8, 4) is 0 Å². The molecule has 0 aliphatic rings. The molecule has 12 heavy (non-hydrogen) atoms. The highest BCUT2D eigenvalue weighted by atomic mass is 28.3. The molecule has 5 heteroatoms. The summed E-state index contributed by atoms with van der Waals surface area (Å²) in [5.41, 5.74) is 0. The maximum Gasteiger partial charge on any atom is 0.451 e. The molecule has 0 atom stereocenters. The first kappa shape index (κ1) is 10.9. The summed E-state index contributed by atoms with van der Waals surface area (Å²) in [6, 6.07) is 0.444. The summed E-state index contributed by atoms with van der Waals surface area (Å²) in [4.78, 5) is 21.0. The summed E-state index contributed by atoms with van der Waals surface area (Å²) in [5, 5.41) is 0. The van der Waals surface area contributed by atoms with Gasteiger partial charge in [-0.1, -0.05) is 6.08 Å². The first-order valence-corrected chi connectivity index (χ1v) is 5.27. The Morgan fingerprint density at radius 3 is 2.00 bits per heavy atom. The van der Waals surface area contributed by atoms with Crippen LogP contribution in [-0.4, -0.2) is 21.2 Å². The number of allylic oxidation sites excluding steroid dienone is 1. The van der Waals surface area contributed by atoms with Crippen molar-refractivity contribution in [3.05, 3.63) is 12.7 Å². The monoisotopic (exact) mass is 188 g/mol. The molecule has 0 saturated heterocycles. The van der Waals surface area contributed by atoms with Crippen molar-refractivity contribution in [2.24, 2.45) is 0 Å². The van der Waals surface area contributed by atoms with Gasteiger partial charge in [0.1, 0.15) is 0 Å². The average Bonchev–Trinajstić information content (AvgIpc) is 1.84. The van der Waals surface area contributed by atoms with Crippen molar-refractivity contribution in [1.82, 2.24) is 0 Å². The van der Waals surface area contributed by atoms with Gasteiger partial charge in [0.15, 0.2) is 0 Å². The molecule has 0 aromatic rings. The first-order valence-electron chi connectivity index (χ1n) is 3.51. The molecule has 0 amide bonds. The van der Waals surface area contributed by atoms with E-state index in [0.29, 0.717) is 6.04 Å². The van der Waals surface area contributed by atoms with Crippen LogP contribution in [0.15, 0.2) is 12.7 Å². The number of rotatable bonds is 4. The minimum atomic E-state index is -2.17. The fourth-order valence-corrected chi connectivity index (χ4v) is 1.88. The molecule has 0 unspecified atom stereocenters. The maximum atomic E-state index is 10.5. The topological polar surface area (TPSA) is 52.6 Å². The van der Waals surface area contributed by atoms with Crippen LogP contribution in [-0.2, 0) is 18.4 Å². The lowest BCUT2D eigenvalue weighted by molar-refractivity contribution is -0.137. The molecule has 0 fully saturated rings. The minimum absolute atomic E-state index is 0.422. The van der Waals surface area contributed by atoms with Crippen molar-refractivity contribution in [2.75, 3.05) is 0 Å². The van der Waals surface area contributed by atoms with Gasteiger partial charge in [-0.3, -0.25) is 9.59 Å². The van der Waals surface area contributed by atoms with Gasteiger partial charge in [-0.2, -0.15) is 0 Å². The van der Waals surface area contributed by atoms with E-state index in [1.807, 2.05) is 0 Å². The number of carbonyl (C=O) groups is 2. The fraction of sp³-hybridized carbons (Fsp3) is 0.429. The second-order valence-electron chi connectivity index (χ2n) is 2.17. The Labute approximate surface area is 73.0 Å². The van der Waals surface area contributed by atoms with Crippen LogP contribution in [0.1, 0.15) is 13.8 Å². The van der Waals surface area contributed by atoms with Crippen LogP contribution in [0.2, 0.25) is 6.04 Å². The van der Waals surface area contributed by atoms with E-state index in [9.17, 15) is 9.59 Å². The highest BCUT2D eigenvalue weighted by Crippen LogP contribution is 1.98. The molecule has 0 N–H and O–H groups in total. The summed E-state index contributed by atoms with van der Waals surface area (Å²) in [6.07, 6.45) is 1.57. The highest BCUT2D eigenvalue weighted by molar-refractivity contribution is 6.49. The van der Waals surface area contributed by atoms with Crippen LogP contribution in [0.25, 0.3) is 0 Å². The van der Waals surface area contributed by atoms with E-state index in [2.05, 4.69) is 6.58 Å². The highest BCUT2D eigenvalue weighted by Gasteiger charge is 2.17. The van der Waals surface area contributed by atoms with E-state index >= 15 is 0 Å².